The zero-order valence-corrected chi connectivity index (χ0v) is 8.83. The maximum Gasteiger partial charge on any atom is 0.107 e. The first kappa shape index (κ1) is 9.78. The van der Waals surface area contributed by atoms with Crippen LogP contribution >= 0.6 is 0 Å². The number of furan rings is 1. The molecule has 2 rings (SSSR count). The Morgan fingerprint density at radius 3 is 3.14 bits per heavy atom. The number of nitrogens with one attached hydrogen (secondary N) is 1. The third-order valence-corrected chi connectivity index (χ3v) is 3.25. The fourth-order valence-electron chi connectivity index (χ4n) is 2.49. The van der Waals surface area contributed by atoms with E-state index in [1.165, 1.54) is 31.6 Å². The first-order valence-corrected chi connectivity index (χ1v) is 5.66. The molecule has 2 heterocycles. The predicted molar refractivity (Wildman–Crippen MR) is 57.3 cm³/mol. The van der Waals surface area contributed by atoms with Crippen LogP contribution in [0.3, 0.4) is 0 Å². The van der Waals surface area contributed by atoms with Gasteiger partial charge in [0, 0.05) is 5.92 Å². The number of piperidine rings is 1. The van der Waals surface area contributed by atoms with Gasteiger partial charge in [-0.15, -0.1) is 0 Å². The summed E-state index contributed by atoms with van der Waals surface area (Å²) in [5, 5.41) is 3.47. The van der Waals surface area contributed by atoms with E-state index < -0.39 is 0 Å². The third-order valence-electron chi connectivity index (χ3n) is 3.25. The second-order valence-electron chi connectivity index (χ2n) is 4.14. The van der Waals surface area contributed by atoms with Crippen molar-refractivity contribution in [1.29, 1.82) is 0 Å². The van der Waals surface area contributed by atoms with Gasteiger partial charge >= 0.3 is 0 Å². The van der Waals surface area contributed by atoms with Gasteiger partial charge in [-0.25, -0.2) is 0 Å². The van der Waals surface area contributed by atoms with Crippen molar-refractivity contribution in [3.05, 3.63) is 24.2 Å². The summed E-state index contributed by atoms with van der Waals surface area (Å²) in [6.45, 7) is 4.59. The van der Waals surface area contributed by atoms with Crippen LogP contribution in [0.5, 0.6) is 0 Å². The summed E-state index contributed by atoms with van der Waals surface area (Å²) in [4.78, 5) is 0. The zero-order valence-electron chi connectivity index (χ0n) is 8.83. The molecule has 0 spiro atoms. The van der Waals surface area contributed by atoms with E-state index in [0.717, 1.165) is 12.5 Å². The maximum absolute atomic E-state index is 5.51. The average Bonchev–Trinajstić information content (AvgIpc) is 2.74. The van der Waals surface area contributed by atoms with Crippen LogP contribution in [0.1, 0.15) is 37.9 Å². The quantitative estimate of drug-likeness (QED) is 0.798. The summed E-state index contributed by atoms with van der Waals surface area (Å²) in [5.74, 6) is 2.54. The molecule has 78 valence electrons. The van der Waals surface area contributed by atoms with Crippen molar-refractivity contribution in [2.75, 3.05) is 13.1 Å². The van der Waals surface area contributed by atoms with Gasteiger partial charge in [-0.05, 0) is 50.4 Å². The van der Waals surface area contributed by atoms with Crippen LogP contribution < -0.4 is 5.32 Å². The number of hydrogen-bond acceptors (Lipinski definition) is 2. The molecule has 1 aromatic heterocycles. The first-order valence-electron chi connectivity index (χ1n) is 5.66. The van der Waals surface area contributed by atoms with Gasteiger partial charge in [-0.1, -0.05) is 6.92 Å². The molecule has 0 radical (unpaired) electrons. The SMILES string of the molecule is CCC(c1ccco1)C1CCCNC1. The lowest BCUT2D eigenvalue weighted by Crippen LogP contribution is -2.33. The summed E-state index contributed by atoms with van der Waals surface area (Å²) in [6.07, 6.45) is 5.61. The molecule has 0 aliphatic carbocycles. The summed E-state index contributed by atoms with van der Waals surface area (Å²) in [7, 11) is 0. The second-order valence-corrected chi connectivity index (χ2v) is 4.14. The highest BCUT2D eigenvalue weighted by molar-refractivity contribution is 5.07. The standard InChI is InChI=1S/C12H19NO/c1-2-11(12-6-4-8-14-12)10-5-3-7-13-9-10/h4,6,8,10-11,13H,2-3,5,7,9H2,1H3. The van der Waals surface area contributed by atoms with Crippen molar-refractivity contribution in [3.63, 3.8) is 0 Å². The largest absolute Gasteiger partial charge is 0.469 e. The van der Waals surface area contributed by atoms with E-state index in [1.807, 2.05) is 6.07 Å². The van der Waals surface area contributed by atoms with Crippen molar-refractivity contribution >= 4 is 0 Å². The van der Waals surface area contributed by atoms with E-state index in [2.05, 4.69) is 18.3 Å². The lowest BCUT2D eigenvalue weighted by atomic mass is 9.83. The molecule has 2 heteroatoms. The van der Waals surface area contributed by atoms with Crippen LogP contribution in [-0.4, -0.2) is 13.1 Å². The van der Waals surface area contributed by atoms with Crippen LogP contribution in [-0.2, 0) is 0 Å². The molecule has 1 aliphatic rings. The molecular weight excluding hydrogens is 174 g/mol. The summed E-state index contributed by atoms with van der Waals surface area (Å²) in [5.41, 5.74) is 0. The molecule has 2 nitrogen and oxygen atoms in total. The Bertz CT molecular complexity index is 249. The molecule has 1 N–H and O–H groups in total. The van der Waals surface area contributed by atoms with Crippen molar-refractivity contribution in [1.82, 2.24) is 5.32 Å². The molecule has 14 heavy (non-hydrogen) atoms. The number of rotatable bonds is 3. The average molecular weight is 193 g/mol. The van der Waals surface area contributed by atoms with E-state index in [0.29, 0.717) is 5.92 Å². The van der Waals surface area contributed by atoms with Gasteiger partial charge in [-0.2, -0.15) is 0 Å². The molecule has 1 aromatic rings. The molecule has 2 unspecified atom stereocenters. The lowest BCUT2D eigenvalue weighted by molar-refractivity contribution is 0.286. The fraction of sp³-hybridized carbons (Fsp3) is 0.667. The van der Waals surface area contributed by atoms with Crippen LogP contribution in [0.25, 0.3) is 0 Å². The molecule has 1 fully saturated rings. The van der Waals surface area contributed by atoms with Crippen LogP contribution in [0.15, 0.2) is 22.8 Å². The van der Waals surface area contributed by atoms with E-state index >= 15 is 0 Å². The van der Waals surface area contributed by atoms with E-state index in [9.17, 15) is 0 Å². The maximum atomic E-state index is 5.51. The van der Waals surface area contributed by atoms with Gasteiger partial charge in [0.15, 0.2) is 0 Å². The molecule has 0 aromatic carbocycles. The smallest absolute Gasteiger partial charge is 0.107 e. The highest BCUT2D eigenvalue weighted by atomic mass is 16.3. The van der Waals surface area contributed by atoms with E-state index in [-0.39, 0.29) is 0 Å². The second kappa shape index (κ2) is 4.65. The molecule has 0 bridgehead atoms. The van der Waals surface area contributed by atoms with Gasteiger partial charge < -0.3 is 9.73 Å². The molecular formula is C12H19NO. The zero-order chi connectivity index (χ0) is 9.80. The van der Waals surface area contributed by atoms with Gasteiger partial charge in [0.25, 0.3) is 0 Å². The monoisotopic (exact) mass is 193 g/mol. The van der Waals surface area contributed by atoms with E-state index in [1.54, 1.807) is 6.26 Å². The molecule has 2 atom stereocenters. The summed E-state index contributed by atoms with van der Waals surface area (Å²) >= 11 is 0. The van der Waals surface area contributed by atoms with Crippen molar-refractivity contribution < 1.29 is 4.42 Å². The molecule has 0 amide bonds. The Labute approximate surface area is 85.7 Å². The van der Waals surface area contributed by atoms with Crippen LogP contribution in [0.4, 0.5) is 0 Å². The minimum Gasteiger partial charge on any atom is -0.469 e. The minimum atomic E-state index is 0.609. The Morgan fingerprint density at radius 1 is 1.64 bits per heavy atom. The normalized spacial score (nSPS) is 24.8. The Hall–Kier alpha value is -0.760. The van der Waals surface area contributed by atoms with Gasteiger partial charge in [0.1, 0.15) is 5.76 Å². The first-order chi connectivity index (χ1) is 6.92. The molecule has 1 aliphatic heterocycles. The van der Waals surface area contributed by atoms with Crippen molar-refractivity contribution in [2.24, 2.45) is 5.92 Å². The predicted octanol–water partition coefficient (Wildman–Crippen LogP) is 2.77. The van der Waals surface area contributed by atoms with Crippen LogP contribution in [0, 0.1) is 5.92 Å². The number of hydrogen-bond donors (Lipinski definition) is 1. The Kier molecular flexibility index (Phi) is 3.25. The summed E-state index contributed by atoms with van der Waals surface area (Å²) < 4.78 is 5.51. The van der Waals surface area contributed by atoms with Gasteiger partial charge in [0.2, 0.25) is 0 Å². The highest BCUT2D eigenvalue weighted by Gasteiger charge is 2.25. The van der Waals surface area contributed by atoms with Gasteiger partial charge in [-0.3, -0.25) is 0 Å². The van der Waals surface area contributed by atoms with Crippen LogP contribution in [0.2, 0.25) is 0 Å². The van der Waals surface area contributed by atoms with Crippen molar-refractivity contribution in [2.45, 2.75) is 32.1 Å². The molecule has 0 saturated carbocycles. The molecule has 1 saturated heterocycles. The third kappa shape index (κ3) is 2.01. The fourth-order valence-corrected chi connectivity index (χ4v) is 2.49. The Balaban J connectivity index is 2.04. The Morgan fingerprint density at radius 2 is 2.57 bits per heavy atom. The van der Waals surface area contributed by atoms with Crippen molar-refractivity contribution in [3.8, 4) is 0 Å². The lowest BCUT2D eigenvalue weighted by Gasteiger charge is -2.28. The minimum absolute atomic E-state index is 0.609. The van der Waals surface area contributed by atoms with E-state index in [4.69, 9.17) is 4.42 Å². The van der Waals surface area contributed by atoms with Gasteiger partial charge in [0.05, 0.1) is 6.26 Å². The highest BCUT2D eigenvalue weighted by Crippen LogP contribution is 2.32. The topological polar surface area (TPSA) is 25.2 Å². The summed E-state index contributed by atoms with van der Waals surface area (Å²) in [6, 6.07) is 4.11.